The second-order valence-electron chi connectivity index (χ2n) is 8.25. The summed E-state index contributed by atoms with van der Waals surface area (Å²) in [5.41, 5.74) is 2.16. The second kappa shape index (κ2) is 7.63. The van der Waals surface area contributed by atoms with Crippen molar-refractivity contribution in [2.75, 3.05) is 19.6 Å². The van der Waals surface area contributed by atoms with Crippen LogP contribution in [-0.2, 0) is 6.54 Å². The molecule has 0 aliphatic carbocycles. The number of benzene rings is 2. The standard InChI is InChI=1S/C22H26Cl2N2O/c1-14-7-15(2)11-25(10-14)12-18(27)13-26-21-5-3-16(23)8-19(21)20-9-17(24)4-6-22(20)26/h3-6,8-9,14-15,18,27H,7,10-13H2,1-2H3/t14-,15+,18-/m0/s1. The third-order valence-electron chi connectivity index (χ3n) is 5.60. The zero-order chi connectivity index (χ0) is 19.1. The molecule has 1 N–H and O–H groups in total. The number of aromatic nitrogens is 1. The largest absolute Gasteiger partial charge is 0.390 e. The maximum absolute atomic E-state index is 10.9. The number of aliphatic hydroxyl groups excluding tert-OH is 1. The van der Waals surface area contributed by atoms with Crippen LogP contribution in [0.25, 0.3) is 21.8 Å². The Labute approximate surface area is 170 Å². The van der Waals surface area contributed by atoms with Crippen LogP contribution in [-0.4, -0.2) is 40.3 Å². The van der Waals surface area contributed by atoms with Crippen LogP contribution in [0.4, 0.5) is 0 Å². The molecule has 0 saturated carbocycles. The molecule has 0 amide bonds. The van der Waals surface area contributed by atoms with Crippen LogP contribution < -0.4 is 0 Å². The van der Waals surface area contributed by atoms with Crippen LogP contribution in [0, 0.1) is 11.8 Å². The zero-order valence-corrected chi connectivity index (χ0v) is 17.3. The Morgan fingerprint density at radius 3 is 1.96 bits per heavy atom. The maximum atomic E-state index is 10.9. The Balaban J connectivity index is 1.64. The van der Waals surface area contributed by atoms with Crippen LogP contribution in [0.2, 0.25) is 10.0 Å². The number of β-amino-alcohol motifs (C(OH)–C–C–N with tert-alkyl or cyclic N) is 1. The van der Waals surface area contributed by atoms with Crippen LogP contribution in [0.5, 0.6) is 0 Å². The van der Waals surface area contributed by atoms with E-state index in [1.807, 2.05) is 36.4 Å². The van der Waals surface area contributed by atoms with Crippen LogP contribution in [0.1, 0.15) is 20.3 Å². The van der Waals surface area contributed by atoms with Gasteiger partial charge in [0.05, 0.1) is 12.6 Å². The van der Waals surface area contributed by atoms with Gasteiger partial charge in [0, 0.05) is 51.5 Å². The van der Waals surface area contributed by atoms with Gasteiger partial charge in [0.25, 0.3) is 0 Å². The van der Waals surface area contributed by atoms with E-state index in [1.165, 1.54) is 6.42 Å². The summed E-state index contributed by atoms with van der Waals surface area (Å²) in [6.45, 7) is 8.00. The first kappa shape index (κ1) is 19.1. The van der Waals surface area contributed by atoms with Crippen molar-refractivity contribution in [2.24, 2.45) is 11.8 Å². The van der Waals surface area contributed by atoms with Gasteiger partial charge in [-0.3, -0.25) is 0 Å². The van der Waals surface area contributed by atoms with Crippen molar-refractivity contribution in [2.45, 2.75) is 32.9 Å². The molecule has 1 aromatic heterocycles. The van der Waals surface area contributed by atoms with Gasteiger partial charge < -0.3 is 14.6 Å². The van der Waals surface area contributed by atoms with Gasteiger partial charge in [-0.1, -0.05) is 37.0 Å². The lowest BCUT2D eigenvalue weighted by Crippen LogP contribution is -2.43. The van der Waals surface area contributed by atoms with E-state index in [9.17, 15) is 5.11 Å². The smallest absolute Gasteiger partial charge is 0.0845 e. The lowest BCUT2D eigenvalue weighted by molar-refractivity contribution is 0.0626. The Hall–Kier alpha value is -1.26. The summed E-state index contributed by atoms with van der Waals surface area (Å²) in [4.78, 5) is 2.41. The summed E-state index contributed by atoms with van der Waals surface area (Å²) in [5.74, 6) is 1.39. The molecular weight excluding hydrogens is 379 g/mol. The number of nitrogens with zero attached hydrogens (tertiary/aromatic N) is 2. The summed E-state index contributed by atoms with van der Waals surface area (Å²) < 4.78 is 2.19. The maximum Gasteiger partial charge on any atom is 0.0845 e. The topological polar surface area (TPSA) is 28.4 Å². The third-order valence-corrected chi connectivity index (χ3v) is 6.07. The molecule has 3 aromatic rings. The van der Waals surface area contributed by atoms with Gasteiger partial charge in [0.15, 0.2) is 0 Å². The van der Waals surface area contributed by atoms with Crippen molar-refractivity contribution in [1.29, 1.82) is 0 Å². The van der Waals surface area contributed by atoms with E-state index in [-0.39, 0.29) is 0 Å². The Morgan fingerprint density at radius 1 is 0.926 bits per heavy atom. The molecular formula is C22H26Cl2N2O. The first-order valence-electron chi connectivity index (χ1n) is 9.68. The quantitative estimate of drug-likeness (QED) is 0.626. The number of aliphatic hydroxyl groups is 1. The van der Waals surface area contributed by atoms with Crippen LogP contribution in [0.3, 0.4) is 0 Å². The number of hydrogen-bond acceptors (Lipinski definition) is 2. The minimum absolute atomic E-state index is 0.423. The molecule has 3 atom stereocenters. The molecule has 0 unspecified atom stereocenters. The number of hydrogen-bond donors (Lipinski definition) is 1. The van der Waals surface area contributed by atoms with Crippen LogP contribution >= 0.6 is 23.2 Å². The first-order valence-corrected chi connectivity index (χ1v) is 10.4. The molecule has 1 saturated heterocycles. The minimum Gasteiger partial charge on any atom is -0.390 e. The molecule has 5 heteroatoms. The Kier molecular flexibility index (Phi) is 5.39. The predicted octanol–water partition coefficient (Wildman–Crippen LogP) is 5.44. The highest BCUT2D eigenvalue weighted by Gasteiger charge is 2.24. The number of likely N-dealkylation sites (tertiary alicyclic amines) is 1. The average Bonchev–Trinajstić information content (AvgIpc) is 2.86. The fraction of sp³-hybridized carbons (Fsp3) is 0.455. The molecule has 2 aromatic carbocycles. The van der Waals surface area contributed by atoms with E-state index in [0.29, 0.717) is 35.0 Å². The van der Waals surface area contributed by atoms with Gasteiger partial charge in [-0.05, 0) is 54.7 Å². The van der Waals surface area contributed by atoms with E-state index in [4.69, 9.17) is 23.2 Å². The summed E-state index contributed by atoms with van der Waals surface area (Å²) in [5, 5.41) is 14.4. The SMILES string of the molecule is C[C@@H]1C[C@H](C)CN(C[C@H](O)Cn2c3ccc(Cl)cc3c3cc(Cl)ccc32)C1. The van der Waals surface area contributed by atoms with E-state index < -0.39 is 6.10 Å². The molecule has 1 fully saturated rings. The Morgan fingerprint density at radius 2 is 1.44 bits per heavy atom. The highest BCUT2D eigenvalue weighted by molar-refractivity contribution is 6.33. The van der Waals surface area contributed by atoms with Gasteiger partial charge in [-0.2, -0.15) is 0 Å². The molecule has 3 nitrogen and oxygen atoms in total. The van der Waals surface area contributed by atoms with Crippen molar-refractivity contribution in [3.63, 3.8) is 0 Å². The Bertz CT molecular complexity index is 899. The monoisotopic (exact) mass is 404 g/mol. The molecule has 1 aliphatic rings. The summed E-state index contributed by atoms with van der Waals surface area (Å²) in [7, 11) is 0. The molecule has 0 radical (unpaired) electrons. The van der Waals surface area contributed by atoms with Gasteiger partial charge >= 0.3 is 0 Å². The van der Waals surface area contributed by atoms with Crippen molar-refractivity contribution in [3.8, 4) is 0 Å². The molecule has 144 valence electrons. The summed E-state index contributed by atoms with van der Waals surface area (Å²) >= 11 is 12.5. The van der Waals surface area contributed by atoms with Crippen molar-refractivity contribution in [1.82, 2.24) is 9.47 Å². The average molecular weight is 405 g/mol. The van der Waals surface area contributed by atoms with E-state index in [2.05, 4.69) is 23.3 Å². The van der Waals surface area contributed by atoms with Gasteiger partial charge in [-0.25, -0.2) is 0 Å². The molecule has 4 rings (SSSR count). The number of piperidine rings is 1. The zero-order valence-electron chi connectivity index (χ0n) is 15.8. The van der Waals surface area contributed by atoms with Crippen LogP contribution in [0.15, 0.2) is 36.4 Å². The number of rotatable bonds is 4. The molecule has 2 heterocycles. The first-order chi connectivity index (χ1) is 12.9. The highest BCUT2D eigenvalue weighted by Crippen LogP contribution is 2.33. The summed E-state index contributed by atoms with van der Waals surface area (Å²) in [6, 6.07) is 11.8. The van der Waals surface area contributed by atoms with E-state index in [0.717, 1.165) is 34.9 Å². The third kappa shape index (κ3) is 3.97. The van der Waals surface area contributed by atoms with E-state index >= 15 is 0 Å². The number of fused-ring (bicyclic) bond motifs is 3. The molecule has 0 spiro atoms. The number of halogens is 2. The van der Waals surface area contributed by atoms with Gasteiger partial charge in [0.1, 0.15) is 0 Å². The lowest BCUT2D eigenvalue weighted by Gasteiger charge is -2.36. The van der Waals surface area contributed by atoms with E-state index in [1.54, 1.807) is 0 Å². The molecule has 27 heavy (non-hydrogen) atoms. The van der Waals surface area contributed by atoms with Gasteiger partial charge in [0.2, 0.25) is 0 Å². The lowest BCUT2D eigenvalue weighted by atomic mass is 9.92. The van der Waals surface area contributed by atoms with Crippen molar-refractivity contribution >= 4 is 45.0 Å². The second-order valence-corrected chi connectivity index (χ2v) is 9.12. The van der Waals surface area contributed by atoms with Crippen molar-refractivity contribution in [3.05, 3.63) is 46.4 Å². The minimum atomic E-state index is -0.423. The predicted molar refractivity (Wildman–Crippen MR) is 115 cm³/mol. The molecule has 0 bridgehead atoms. The fourth-order valence-corrected chi connectivity index (χ4v) is 5.10. The highest BCUT2D eigenvalue weighted by atomic mass is 35.5. The van der Waals surface area contributed by atoms with Gasteiger partial charge in [-0.15, -0.1) is 0 Å². The molecule has 1 aliphatic heterocycles. The normalized spacial score (nSPS) is 22.6. The summed E-state index contributed by atoms with van der Waals surface area (Å²) in [6.07, 6.45) is 0.855. The fourth-order valence-electron chi connectivity index (χ4n) is 4.75. The van der Waals surface area contributed by atoms with Crippen molar-refractivity contribution < 1.29 is 5.11 Å².